The lowest BCUT2D eigenvalue weighted by molar-refractivity contribution is -0.131. The highest BCUT2D eigenvalue weighted by Crippen LogP contribution is 2.22. The van der Waals surface area contributed by atoms with Gasteiger partial charge in [0.05, 0.1) is 12.1 Å². The van der Waals surface area contributed by atoms with Gasteiger partial charge in [-0.05, 0) is 32.4 Å². The van der Waals surface area contributed by atoms with E-state index in [1.54, 1.807) is 17.3 Å². The molecule has 0 atom stereocenters. The number of hydrogen-bond acceptors (Lipinski definition) is 5. The van der Waals surface area contributed by atoms with Crippen molar-refractivity contribution in [2.75, 3.05) is 19.6 Å². The molecule has 0 unspecified atom stereocenters. The van der Waals surface area contributed by atoms with Crippen LogP contribution in [0.4, 0.5) is 0 Å². The van der Waals surface area contributed by atoms with Gasteiger partial charge in [0.25, 0.3) is 0 Å². The van der Waals surface area contributed by atoms with Crippen LogP contribution in [0.5, 0.6) is 0 Å². The first-order valence-electron chi connectivity index (χ1n) is 8.53. The van der Waals surface area contributed by atoms with Crippen molar-refractivity contribution in [1.29, 1.82) is 0 Å². The van der Waals surface area contributed by atoms with Gasteiger partial charge in [0, 0.05) is 49.4 Å². The van der Waals surface area contributed by atoms with Crippen LogP contribution in [0.15, 0.2) is 29.9 Å². The largest absolute Gasteiger partial charge is 0.356 e. The van der Waals surface area contributed by atoms with Crippen molar-refractivity contribution in [2.45, 2.75) is 33.1 Å². The maximum Gasteiger partial charge on any atom is 0.226 e. The molecule has 2 heterocycles. The van der Waals surface area contributed by atoms with E-state index < -0.39 is 0 Å². The van der Waals surface area contributed by atoms with Gasteiger partial charge in [-0.2, -0.15) is 0 Å². The van der Waals surface area contributed by atoms with Crippen LogP contribution in [0.2, 0.25) is 0 Å². The molecule has 0 aliphatic heterocycles. The summed E-state index contributed by atoms with van der Waals surface area (Å²) >= 11 is 1.50. The number of thiazole rings is 1. The molecule has 2 aromatic rings. The lowest BCUT2D eigenvalue weighted by Crippen LogP contribution is -2.32. The first kappa shape index (κ1) is 19.1. The van der Waals surface area contributed by atoms with Gasteiger partial charge in [-0.3, -0.25) is 14.6 Å². The van der Waals surface area contributed by atoms with Crippen LogP contribution in [-0.2, 0) is 16.0 Å². The minimum absolute atomic E-state index is 0.0710. The fraction of sp³-hybridized carbons (Fsp3) is 0.444. The minimum atomic E-state index is -0.0710. The summed E-state index contributed by atoms with van der Waals surface area (Å²) in [5, 5.41) is 5.61. The molecule has 2 amide bonds. The van der Waals surface area contributed by atoms with Crippen molar-refractivity contribution in [3.8, 4) is 10.6 Å². The zero-order chi connectivity index (χ0) is 18.1. The average molecular weight is 360 g/mol. The molecule has 0 radical (unpaired) electrons. The predicted octanol–water partition coefficient (Wildman–Crippen LogP) is 2.51. The van der Waals surface area contributed by atoms with Gasteiger partial charge >= 0.3 is 0 Å². The molecule has 7 heteroatoms. The molecule has 0 aliphatic carbocycles. The summed E-state index contributed by atoms with van der Waals surface area (Å²) in [5.74, 6) is 0.0678. The third-order valence-electron chi connectivity index (χ3n) is 3.81. The molecular weight excluding hydrogens is 336 g/mol. The van der Waals surface area contributed by atoms with Gasteiger partial charge in [-0.1, -0.05) is 0 Å². The van der Waals surface area contributed by atoms with Crippen molar-refractivity contribution < 1.29 is 9.59 Å². The molecule has 2 aromatic heterocycles. The molecule has 134 valence electrons. The van der Waals surface area contributed by atoms with Crippen LogP contribution in [0.25, 0.3) is 10.6 Å². The zero-order valence-corrected chi connectivity index (χ0v) is 15.5. The maximum absolute atomic E-state index is 12.0. The second kappa shape index (κ2) is 9.88. The van der Waals surface area contributed by atoms with Crippen LogP contribution < -0.4 is 5.32 Å². The van der Waals surface area contributed by atoms with Crippen LogP contribution in [0, 0.1) is 0 Å². The van der Waals surface area contributed by atoms with E-state index in [0.29, 0.717) is 19.4 Å². The van der Waals surface area contributed by atoms with Gasteiger partial charge in [-0.25, -0.2) is 4.98 Å². The molecule has 6 nitrogen and oxygen atoms in total. The first-order chi connectivity index (χ1) is 12.1. The van der Waals surface area contributed by atoms with E-state index in [2.05, 4.69) is 15.3 Å². The molecule has 0 saturated heterocycles. The van der Waals surface area contributed by atoms with Crippen molar-refractivity contribution in [3.05, 3.63) is 35.6 Å². The highest BCUT2D eigenvalue weighted by molar-refractivity contribution is 7.13. The van der Waals surface area contributed by atoms with Gasteiger partial charge in [0.1, 0.15) is 5.01 Å². The van der Waals surface area contributed by atoms with Gasteiger partial charge in [0.15, 0.2) is 0 Å². The number of amides is 2. The Morgan fingerprint density at radius 2 is 2.08 bits per heavy atom. The highest BCUT2D eigenvalue weighted by Gasteiger charge is 2.11. The number of carbonyl (C=O) groups is 2. The summed E-state index contributed by atoms with van der Waals surface area (Å²) in [6.45, 7) is 5.90. The SMILES string of the molecule is CCN(CC)C(=O)CCCNC(=O)Cc1csc(-c2cccnc2)n1. The van der Waals surface area contributed by atoms with Crippen LogP contribution in [-0.4, -0.2) is 46.3 Å². The summed E-state index contributed by atoms with van der Waals surface area (Å²) in [5.41, 5.74) is 1.70. The molecular formula is C18H24N4O2S. The molecule has 0 bridgehead atoms. The summed E-state index contributed by atoms with van der Waals surface area (Å²) in [6.07, 6.45) is 4.84. The summed E-state index contributed by atoms with van der Waals surface area (Å²) in [4.78, 5) is 34.2. The zero-order valence-electron chi connectivity index (χ0n) is 14.7. The van der Waals surface area contributed by atoms with E-state index in [0.717, 1.165) is 29.4 Å². The van der Waals surface area contributed by atoms with E-state index in [1.807, 2.05) is 31.4 Å². The third-order valence-corrected chi connectivity index (χ3v) is 4.75. The Labute approximate surface area is 152 Å². The monoisotopic (exact) mass is 360 g/mol. The van der Waals surface area contributed by atoms with Crippen molar-refractivity contribution >= 4 is 23.2 Å². The predicted molar refractivity (Wildman–Crippen MR) is 99.2 cm³/mol. The maximum atomic E-state index is 12.0. The Morgan fingerprint density at radius 3 is 2.76 bits per heavy atom. The second-order valence-electron chi connectivity index (χ2n) is 5.58. The molecule has 0 aromatic carbocycles. The first-order valence-corrected chi connectivity index (χ1v) is 9.41. The Hall–Kier alpha value is -2.28. The fourth-order valence-corrected chi connectivity index (χ4v) is 3.25. The average Bonchev–Trinajstić information content (AvgIpc) is 3.09. The highest BCUT2D eigenvalue weighted by atomic mass is 32.1. The van der Waals surface area contributed by atoms with Crippen LogP contribution in [0.1, 0.15) is 32.4 Å². The van der Waals surface area contributed by atoms with E-state index in [1.165, 1.54) is 11.3 Å². The molecule has 0 fully saturated rings. The number of carbonyl (C=O) groups excluding carboxylic acids is 2. The summed E-state index contributed by atoms with van der Waals surface area (Å²) in [6, 6.07) is 3.81. The Kier molecular flexibility index (Phi) is 7.53. The van der Waals surface area contributed by atoms with Gasteiger partial charge in [-0.15, -0.1) is 11.3 Å². The standard InChI is InChI=1S/C18H24N4O2S/c1-3-22(4-2)17(24)8-6-10-20-16(23)11-15-13-25-18(21-15)14-7-5-9-19-12-14/h5,7,9,12-13H,3-4,6,8,10-11H2,1-2H3,(H,20,23). The minimum Gasteiger partial charge on any atom is -0.356 e. The normalized spacial score (nSPS) is 10.5. The third kappa shape index (κ3) is 5.94. The molecule has 2 rings (SSSR count). The van der Waals surface area contributed by atoms with Crippen molar-refractivity contribution in [1.82, 2.24) is 20.2 Å². The van der Waals surface area contributed by atoms with Crippen molar-refractivity contribution in [2.24, 2.45) is 0 Å². The number of aromatic nitrogens is 2. The Balaban J connectivity index is 1.72. The Morgan fingerprint density at radius 1 is 1.28 bits per heavy atom. The molecule has 0 spiro atoms. The number of nitrogens with zero attached hydrogens (tertiary/aromatic N) is 3. The Bertz CT molecular complexity index is 683. The summed E-state index contributed by atoms with van der Waals surface area (Å²) < 4.78 is 0. The summed E-state index contributed by atoms with van der Waals surface area (Å²) in [7, 11) is 0. The molecule has 25 heavy (non-hydrogen) atoms. The van der Waals surface area contributed by atoms with E-state index in [-0.39, 0.29) is 18.2 Å². The number of rotatable bonds is 9. The topological polar surface area (TPSA) is 75.2 Å². The quantitative estimate of drug-likeness (QED) is 0.697. The lowest BCUT2D eigenvalue weighted by atomic mass is 10.2. The van der Waals surface area contributed by atoms with E-state index in [4.69, 9.17) is 0 Å². The van der Waals surface area contributed by atoms with Gasteiger partial charge in [0.2, 0.25) is 11.8 Å². The van der Waals surface area contributed by atoms with Crippen LogP contribution >= 0.6 is 11.3 Å². The molecule has 0 saturated carbocycles. The number of pyridine rings is 1. The van der Waals surface area contributed by atoms with E-state index >= 15 is 0 Å². The number of nitrogens with one attached hydrogen (secondary N) is 1. The fourth-order valence-electron chi connectivity index (χ4n) is 2.44. The smallest absolute Gasteiger partial charge is 0.226 e. The second-order valence-corrected chi connectivity index (χ2v) is 6.44. The van der Waals surface area contributed by atoms with E-state index in [9.17, 15) is 9.59 Å². The van der Waals surface area contributed by atoms with Crippen LogP contribution in [0.3, 0.4) is 0 Å². The number of hydrogen-bond donors (Lipinski definition) is 1. The molecule has 1 N–H and O–H groups in total. The van der Waals surface area contributed by atoms with Crippen molar-refractivity contribution in [3.63, 3.8) is 0 Å². The lowest BCUT2D eigenvalue weighted by Gasteiger charge is -2.18. The van der Waals surface area contributed by atoms with Gasteiger partial charge < -0.3 is 10.2 Å². The molecule has 0 aliphatic rings.